The SMILES string of the molecule is CCCC1CC1(CC(C)=C1CC1(C)C)C(C)CC. The van der Waals surface area contributed by atoms with Crippen LogP contribution < -0.4 is 0 Å². The molecule has 2 rings (SSSR count). The number of rotatable bonds is 6. The van der Waals surface area contributed by atoms with Gasteiger partial charge in [-0.15, -0.1) is 0 Å². The first-order valence-corrected chi connectivity index (χ1v) is 8.06. The summed E-state index contributed by atoms with van der Waals surface area (Å²) in [5, 5.41) is 0. The summed E-state index contributed by atoms with van der Waals surface area (Å²) in [6.07, 6.45) is 8.42. The third-order valence-corrected chi connectivity index (χ3v) is 5.93. The Bertz CT molecular complexity index is 347. The van der Waals surface area contributed by atoms with Crippen LogP contribution in [0, 0.1) is 22.7 Å². The van der Waals surface area contributed by atoms with Crippen LogP contribution in [0.25, 0.3) is 0 Å². The van der Waals surface area contributed by atoms with Crippen molar-refractivity contribution in [1.82, 2.24) is 0 Å². The normalized spacial score (nSPS) is 37.3. The van der Waals surface area contributed by atoms with Crippen LogP contribution in [0.2, 0.25) is 0 Å². The van der Waals surface area contributed by atoms with Gasteiger partial charge in [-0.2, -0.15) is 0 Å². The maximum Gasteiger partial charge on any atom is -0.0104 e. The first kappa shape index (κ1) is 14.2. The van der Waals surface area contributed by atoms with Crippen LogP contribution in [0.15, 0.2) is 11.1 Å². The van der Waals surface area contributed by atoms with Gasteiger partial charge >= 0.3 is 0 Å². The van der Waals surface area contributed by atoms with Gasteiger partial charge in [0.1, 0.15) is 0 Å². The van der Waals surface area contributed by atoms with Gasteiger partial charge in [-0.3, -0.25) is 0 Å². The summed E-state index contributed by atoms with van der Waals surface area (Å²) < 4.78 is 0. The topological polar surface area (TPSA) is 0 Å². The summed E-state index contributed by atoms with van der Waals surface area (Å²) in [6, 6.07) is 0. The first-order chi connectivity index (χ1) is 8.37. The number of allylic oxidation sites excluding steroid dienone is 2. The molecule has 3 atom stereocenters. The Kier molecular flexibility index (Phi) is 3.69. The van der Waals surface area contributed by atoms with Gasteiger partial charge in [0.15, 0.2) is 0 Å². The molecule has 0 aliphatic heterocycles. The number of hydrogen-bond donors (Lipinski definition) is 0. The highest BCUT2D eigenvalue weighted by Crippen LogP contribution is 2.65. The van der Waals surface area contributed by atoms with E-state index in [1.807, 2.05) is 0 Å². The van der Waals surface area contributed by atoms with E-state index < -0.39 is 0 Å². The fourth-order valence-corrected chi connectivity index (χ4v) is 4.27. The molecule has 0 N–H and O–H groups in total. The highest BCUT2D eigenvalue weighted by atomic mass is 14.6. The molecule has 0 aromatic heterocycles. The molecule has 104 valence electrons. The molecule has 0 heterocycles. The zero-order valence-electron chi connectivity index (χ0n) is 13.4. The second-order valence-corrected chi connectivity index (χ2v) is 7.73. The van der Waals surface area contributed by atoms with Crippen LogP contribution in [0.5, 0.6) is 0 Å². The smallest absolute Gasteiger partial charge is 0.0104 e. The Morgan fingerprint density at radius 1 is 1.33 bits per heavy atom. The summed E-state index contributed by atoms with van der Waals surface area (Å²) in [4.78, 5) is 0. The quantitative estimate of drug-likeness (QED) is 0.508. The van der Waals surface area contributed by atoms with E-state index in [1.165, 1.54) is 38.5 Å². The maximum atomic E-state index is 2.49. The van der Waals surface area contributed by atoms with Crippen molar-refractivity contribution in [3.63, 3.8) is 0 Å². The second-order valence-electron chi connectivity index (χ2n) is 7.73. The van der Waals surface area contributed by atoms with Gasteiger partial charge in [0.25, 0.3) is 0 Å². The molecule has 0 radical (unpaired) electrons. The minimum Gasteiger partial charge on any atom is -0.0730 e. The molecule has 18 heavy (non-hydrogen) atoms. The van der Waals surface area contributed by atoms with Crippen molar-refractivity contribution in [1.29, 1.82) is 0 Å². The summed E-state index contributed by atoms with van der Waals surface area (Å²) >= 11 is 0. The first-order valence-electron chi connectivity index (χ1n) is 8.06. The van der Waals surface area contributed by atoms with E-state index in [0.717, 1.165) is 11.8 Å². The van der Waals surface area contributed by atoms with Crippen molar-refractivity contribution >= 4 is 0 Å². The van der Waals surface area contributed by atoms with Crippen LogP contribution in [-0.2, 0) is 0 Å². The van der Waals surface area contributed by atoms with Crippen LogP contribution in [0.4, 0.5) is 0 Å². The molecule has 0 bridgehead atoms. The van der Waals surface area contributed by atoms with Gasteiger partial charge in [-0.25, -0.2) is 0 Å². The van der Waals surface area contributed by atoms with Crippen LogP contribution in [0.1, 0.15) is 80.1 Å². The monoisotopic (exact) mass is 248 g/mol. The summed E-state index contributed by atoms with van der Waals surface area (Å²) in [5.74, 6) is 1.93. The fourth-order valence-electron chi connectivity index (χ4n) is 4.27. The molecule has 0 heteroatoms. The number of hydrogen-bond acceptors (Lipinski definition) is 0. The van der Waals surface area contributed by atoms with Crippen LogP contribution in [0.3, 0.4) is 0 Å². The Balaban J connectivity index is 2.07. The Labute approximate surface area is 114 Å². The maximum absolute atomic E-state index is 2.49. The van der Waals surface area contributed by atoms with Gasteiger partial charge in [-0.05, 0) is 48.9 Å². The average molecular weight is 248 g/mol. The zero-order valence-corrected chi connectivity index (χ0v) is 13.4. The molecular weight excluding hydrogens is 216 g/mol. The molecule has 2 saturated carbocycles. The predicted molar refractivity (Wildman–Crippen MR) is 80.6 cm³/mol. The minimum atomic E-state index is 0.538. The molecule has 2 aliphatic rings. The molecule has 0 spiro atoms. The van der Waals surface area contributed by atoms with E-state index in [4.69, 9.17) is 0 Å². The van der Waals surface area contributed by atoms with E-state index in [9.17, 15) is 0 Å². The van der Waals surface area contributed by atoms with E-state index in [-0.39, 0.29) is 0 Å². The highest BCUT2D eigenvalue weighted by Gasteiger charge is 2.56. The van der Waals surface area contributed by atoms with Gasteiger partial charge in [0.05, 0.1) is 0 Å². The van der Waals surface area contributed by atoms with Crippen molar-refractivity contribution in [3.8, 4) is 0 Å². The van der Waals surface area contributed by atoms with Gasteiger partial charge < -0.3 is 0 Å². The molecule has 3 unspecified atom stereocenters. The Hall–Kier alpha value is -0.260. The molecular formula is C18H32. The Morgan fingerprint density at radius 3 is 2.39 bits per heavy atom. The summed E-state index contributed by atoms with van der Waals surface area (Å²) in [7, 11) is 0. The van der Waals surface area contributed by atoms with Gasteiger partial charge in [0.2, 0.25) is 0 Å². The van der Waals surface area contributed by atoms with Crippen LogP contribution in [-0.4, -0.2) is 0 Å². The lowest BCUT2D eigenvalue weighted by molar-refractivity contribution is 0.283. The van der Waals surface area contributed by atoms with E-state index in [2.05, 4.69) is 41.5 Å². The highest BCUT2D eigenvalue weighted by molar-refractivity contribution is 5.35. The zero-order chi connectivity index (χ0) is 13.6. The third kappa shape index (κ3) is 2.40. The molecule has 0 aromatic rings. The van der Waals surface area contributed by atoms with Crippen molar-refractivity contribution < 1.29 is 0 Å². The van der Waals surface area contributed by atoms with E-state index in [1.54, 1.807) is 11.1 Å². The Morgan fingerprint density at radius 2 is 1.94 bits per heavy atom. The largest absolute Gasteiger partial charge is 0.0730 e. The van der Waals surface area contributed by atoms with E-state index in [0.29, 0.717) is 10.8 Å². The second kappa shape index (κ2) is 4.69. The van der Waals surface area contributed by atoms with Crippen molar-refractivity contribution in [2.45, 2.75) is 80.1 Å². The molecule has 0 aromatic carbocycles. The van der Waals surface area contributed by atoms with Crippen molar-refractivity contribution in [2.75, 3.05) is 0 Å². The summed E-state index contributed by atoms with van der Waals surface area (Å²) in [5.41, 5.74) is 4.72. The van der Waals surface area contributed by atoms with E-state index >= 15 is 0 Å². The lowest BCUT2D eigenvalue weighted by Gasteiger charge is -2.25. The minimum absolute atomic E-state index is 0.538. The van der Waals surface area contributed by atoms with Gasteiger partial charge in [-0.1, -0.05) is 65.0 Å². The standard InChI is InChI=1S/C18H32/c1-7-9-15-11-18(15,14(4)8-2)10-13(3)16-12-17(16,5)6/h14-15H,7-12H2,1-6H3. The lowest BCUT2D eigenvalue weighted by Crippen LogP contribution is -2.16. The molecule has 2 fully saturated rings. The lowest BCUT2D eigenvalue weighted by atomic mass is 9.80. The summed E-state index contributed by atoms with van der Waals surface area (Å²) in [6.45, 7) is 14.4. The van der Waals surface area contributed by atoms with Gasteiger partial charge in [0, 0.05) is 0 Å². The predicted octanol–water partition coefficient (Wildman–Crippen LogP) is 5.98. The fraction of sp³-hybridized carbons (Fsp3) is 0.889. The molecule has 0 saturated heterocycles. The third-order valence-electron chi connectivity index (χ3n) is 5.93. The molecule has 0 amide bonds. The van der Waals surface area contributed by atoms with Crippen LogP contribution >= 0.6 is 0 Å². The van der Waals surface area contributed by atoms with Crippen molar-refractivity contribution in [2.24, 2.45) is 22.7 Å². The molecule has 2 aliphatic carbocycles. The van der Waals surface area contributed by atoms with Crippen molar-refractivity contribution in [3.05, 3.63) is 11.1 Å². The molecule has 0 nitrogen and oxygen atoms in total. The average Bonchev–Trinajstić information content (AvgIpc) is 3.16.